The first kappa shape index (κ1) is 20.0. The van der Waals surface area contributed by atoms with Crippen LogP contribution in [0, 0.1) is 0 Å². The number of nitrogens with zero attached hydrogens (tertiary/aromatic N) is 3. The number of nitrogen functional groups attached to an aromatic ring is 1. The molecule has 0 atom stereocenters. The Balaban J connectivity index is 1.41. The second kappa shape index (κ2) is 9.04. The van der Waals surface area contributed by atoms with E-state index >= 15 is 0 Å². The van der Waals surface area contributed by atoms with Gasteiger partial charge < -0.3 is 10.6 Å². The summed E-state index contributed by atoms with van der Waals surface area (Å²) in [4.78, 5) is 2.18. The predicted octanol–water partition coefficient (Wildman–Crippen LogP) is 6.85. The summed E-state index contributed by atoms with van der Waals surface area (Å²) < 4.78 is 0. The molecule has 0 radical (unpaired) electrons. The quantitative estimate of drug-likeness (QED) is 0.297. The van der Waals surface area contributed by atoms with Crippen molar-refractivity contribution in [2.45, 2.75) is 6.42 Å². The minimum Gasteiger partial charge on any atom is -0.397 e. The van der Waals surface area contributed by atoms with Crippen molar-refractivity contribution >= 4 is 34.1 Å². The molecule has 0 aliphatic carbocycles. The molecule has 5 rings (SSSR count). The molecule has 5 heteroatoms. The number of benzene rings is 4. The third-order valence-electron chi connectivity index (χ3n) is 5.23. The first-order valence-corrected chi connectivity index (χ1v) is 11.3. The Labute approximate surface area is 191 Å². The van der Waals surface area contributed by atoms with E-state index in [0.29, 0.717) is 0 Å². The van der Waals surface area contributed by atoms with Gasteiger partial charge in [-0.15, -0.1) is 10.2 Å². The fourth-order valence-corrected chi connectivity index (χ4v) is 4.53. The van der Waals surface area contributed by atoms with Crippen LogP contribution in [0.15, 0.2) is 109 Å². The monoisotopic (exact) mass is 434 g/mol. The highest BCUT2D eigenvalue weighted by molar-refractivity contribution is 7.14. The number of nitrogens with two attached hydrogens (primary N) is 1. The summed E-state index contributed by atoms with van der Waals surface area (Å²) in [5.41, 5.74) is 12.4. The largest absolute Gasteiger partial charge is 0.397 e. The van der Waals surface area contributed by atoms with Gasteiger partial charge in [0.1, 0.15) is 10.0 Å². The topological polar surface area (TPSA) is 55.0 Å². The molecular formula is C27H22N4S. The normalized spacial score (nSPS) is 10.8. The molecule has 0 spiro atoms. The van der Waals surface area contributed by atoms with Gasteiger partial charge in [0, 0.05) is 23.4 Å². The molecule has 4 aromatic carbocycles. The van der Waals surface area contributed by atoms with Gasteiger partial charge in [-0.25, -0.2) is 0 Å². The smallest absolute Gasteiger partial charge is 0.147 e. The lowest BCUT2D eigenvalue weighted by molar-refractivity contribution is 1.01. The van der Waals surface area contributed by atoms with E-state index in [9.17, 15) is 0 Å². The van der Waals surface area contributed by atoms with E-state index < -0.39 is 0 Å². The zero-order chi connectivity index (χ0) is 21.8. The summed E-state index contributed by atoms with van der Waals surface area (Å²) in [6.45, 7) is 0. The minimum atomic E-state index is 0.739. The van der Waals surface area contributed by atoms with Crippen molar-refractivity contribution in [1.29, 1.82) is 0 Å². The molecule has 0 saturated heterocycles. The Kier molecular flexibility index (Phi) is 5.64. The minimum absolute atomic E-state index is 0.739. The molecule has 1 heterocycles. The molecule has 0 aliphatic heterocycles. The number of rotatable bonds is 6. The van der Waals surface area contributed by atoms with Crippen molar-refractivity contribution in [3.05, 3.63) is 120 Å². The molecule has 32 heavy (non-hydrogen) atoms. The van der Waals surface area contributed by atoms with E-state index in [1.54, 1.807) is 11.3 Å². The first-order chi connectivity index (χ1) is 15.8. The van der Waals surface area contributed by atoms with Gasteiger partial charge >= 0.3 is 0 Å². The maximum absolute atomic E-state index is 6.32. The highest BCUT2D eigenvalue weighted by Crippen LogP contribution is 2.37. The van der Waals surface area contributed by atoms with Crippen molar-refractivity contribution in [3.8, 4) is 10.6 Å². The average molecular weight is 435 g/mol. The molecule has 0 aliphatic rings. The maximum Gasteiger partial charge on any atom is 0.147 e. The molecule has 4 nitrogen and oxygen atoms in total. The van der Waals surface area contributed by atoms with Gasteiger partial charge in [0.15, 0.2) is 0 Å². The van der Waals surface area contributed by atoms with Crippen LogP contribution in [0.25, 0.3) is 10.6 Å². The van der Waals surface area contributed by atoms with Crippen molar-refractivity contribution in [3.63, 3.8) is 0 Å². The fourth-order valence-electron chi connectivity index (χ4n) is 3.66. The highest BCUT2D eigenvalue weighted by Gasteiger charge is 2.15. The van der Waals surface area contributed by atoms with E-state index in [4.69, 9.17) is 5.73 Å². The maximum atomic E-state index is 6.32. The number of anilines is 4. The van der Waals surface area contributed by atoms with Crippen LogP contribution in [-0.2, 0) is 6.42 Å². The molecule has 0 bridgehead atoms. The van der Waals surface area contributed by atoms with Gasteiger partial charge in [-0.1, -0.05) is 84.1 Å². The van der Waals surface area contributed by atoms with Gasteiger partial charge in [0.2, 0.25) is 0 Å². The van der Waals surface area contributed by atoms with Gasteiger partial charge in [0.25, 0.3) is 0 Å². The van der Waals surface area contributed by atoms with Crippen LogP contribution < -0.4 is 10.6 Å². The SMILES string of the molecule is Nc1ccccc1N(c1ccccc1)c1ccc(Cc2nnc(-c3ccccc3)s2)cc1. The van der Waals surface area contributed by atoms with E-state index in [1.807, 2.05) is 60.7 Å². The lowest BCUT2D eigenvalue weighted by atomic mass is 10.1. The summed E-state index contributed by atoms with van der Waals surface area (Å²) in [7, 11) is 0. The lowest BCUT2D eigenvalue weighted by Crippen LogP contribution is -2.11. The molecule has 1 aromatic heterocycles. The number of aromatic nitrogens is 2. The predicted molar refractivity (Wildman–Crippen MR) is 134 cm³/mol. The Hall–Kier alpha value is -3.96. The van der Waals surface area contributed by atoms with E-state index in [2.05, 4.69) is 63.6 Å². The summed E-state index contributed by atoms with van der Waals surface area (Å²) in [6, 6.07) is 36.9. The third kappa shape index (κ3) is 4.24. The second-order valence-electron chi connectivity index (χ2n) is 7.44. The third-order valence-corrected chi connectivity index (χ3v) is 6.20. The molecule has 2 N–H and O–H groups in total. The van der Waals surface area contributed by atoms with Crippen molar-refractivity contribution in [1.82, 2.24) is 10.2 Å². The zero-order valence-electron chi connectivity index (χ0n) is 17.4. The van der Waals surface area contributed by atoms with Crippen LogP contribution in [-0.4, -0.2) is 10.2 Å². The van der Waals surface area contributed by atoms with Crippen LogP contribution in [0.3, 0.4) is 0 Å². The van der Waals surface area contributed by atoms with Gasteiger partial charge in [0.05, 0.1) is 11.4 Å². The Morgan fingerprint density at radius 3 is 2.00 bits per heavy atom. The second-order valence-corrected chi connectivity index (χ2v) is 8.50. The van der Waals surface area contributed by atoms with Crippen molar-refractivity contribution in [2.24, 2.45) is 0 Å². The highest BCUT2D eigenvalue weighted by atomic mass is 32.1. The Morgan fingerprint density at radius 2 is 1.28 bits per heavy atom. The van der Waals surface area contributed by atoms with Crippen LogP contribution >= 0.6 is 11.3 Å². The van der Waals surface area contributed by atoms with Crippen LogP contribution in [0.4, 0.5) is 22.7 Å². The van der Waals surface area contributed by atoms with Crippen LogP contribution in [0.5, 0.6) is 0 Å². The Bertz CT molecular complexity index is 1300. The summed E-state index contributed by atoms with van der Waals surface area (Å²) in [6.07, 6.45) is 0.754. The standard InChI is InChI=1S/C27H22N4S/c28-24-13-7-8-14-25(24)31(22-11-5-2-6-12-22)23-17-15-20(16-18-23)19-26-29-30-27(32-26)21-9-3-1-4-10-21/h1-18H,19,28H2. The number of hydrogen-bond acceptors (Lipinski definition) is 5. The summed E-state index contributed by atoms with van der Waals surface area (Å²) >= 11 is 1.64. The van der Waals surface area contributed by atoms with Gasteiger partial charge in [-0.3, -0.25) is 0 Å². The van der Waals surface area contributed by atoms with E-state index in [-0.39, 0.29) is 0 Å². The lowest BCUT2D eigenvalue weighted by Gasteiger charge is -2.26. The van der Waals surface area contributed by atoms with Crippen LogP contribution in [0.2, 0.25) is 0 Å². The summed E-state index contributed by atoms with van der Waals surface area (Å²) in [5.74, 6) is 0. The summed E-state index contributed by atoms with van der Waals surface area (Å²) in [5, 5.41) is 10.7. The van der Waals surface area contributed by atoms with Gasteiger partial charge in [-0.05, 0) is 42.0 Å². The van der Waals surface area contributed by atoms with E-state index in [0.717, 1.165) is 44.7 Å². The molecule has 0 unspecified atom stereocenters. The average Bonchev–Trinajstić information content (AvgIpc) is 3.31. The van der Waals surface area contributed by atoms with Crippen molar-refractivity contribution < 1.29 is 0 Å². The molecule has 0 saturated carbocycles. The Morgan fingerprint density at radius 1 is 0.656 bits per heavy atom. The molecule has 0 fully saturated rings. The zero-order valence-corrected chi connectivity index (χ0v) is 18.2. The van der Waals surface area contributed by atoms with E-state index in [1.165, 1.54) is 5.56 Å². The number of hydrogen-bond donors (Lipinski definition) is 1. The van der Waals surface area contributed by atoms with Gasteiger partial charge in [-0.2, -0.15) is 0 Å². The fraction of sp³-hybridized carbons (Fsp3) is 0.0370. The first-order valence-electron chi connectivity index (χ1n) is 10.4. The molecular weight excluding hydrogens is 412 g/mol. The molecule has 5 aromatic rings. The molecule has 156 valence electrons. The molecule has 0 amide bonds. The van der Waals surface area contributed by atoms with Crippen molar-refractivity contribution in [2.75, 3.05) is 10.6 Å². The number of para-hydroxylation sites is 3. The van der Waals surface area contributed by atoms with Crippen LogP contribution in [0.1, 0.15) is 10.6 Å².